The van der Waals surface area contributed by atoms with Gasteiger partial charge in [-0.3, -0.25) is 9.55 Å². The molecule has 2 aromatic heterocycles. The molecule has 0 aliphatic carbocycles. The Labute approximate surface area is 181 Å². The molecule has 29 heavy (non-hydrogen) atoms. The van der Waals surface area contributed by atoms with Gasteiger partial charge in [0.15, 0.2) is 4.73 Å². The lowest BCUT2D eigenvalue weighted by atomic mass is 9.88. The van der Waals surface area contributed by atoms with E-state index in [0.717, 1.165) is 21.5 Å². The minimum absolute atomic E-state index is 0.368. The van der Waals surface area contributed by atoms with Gasteiger partial charge in [0, 0.05) is 6.20 Å². The zero-order chi connectivity index (χ0) is 20.7. The molecule has 0 amide bonds. The third kappa shape index (κ3) is 3.51. The van der Waals surface area contributed by atoms with E-state index in [1.807, 2.05) is 12.3 Å². The lowest BCUT2D eigenvalue weighted by Gasteiger charge is -2.23. The first-order valence-corrected chi connectivity index (χ1v) is 10.9. The molecule has 2 heterocycles. The smallest absolute Gasteiger partial charge is 0.182 e. The summed E-state index contributed by atoms with van der Waals surface area (Å²) in [4.78, 5) is 9.31. The van der Waals surface area contributed by atoms with Gasteiger partial charge < -0.3 is 0 Å². The molecule has 0 fully saturated rings. The number of aromatic nitrogens is 3. The van der Waals surface area contributed by atoms with Crippen molar-refractivity contribution < 1.29 is 0 Å². The maximum Gasteiger partial charge on any atom is 0.182 e. The van der Waals surface area contributed by atoms with E-state index in [0.29, 0.717) is 11.8 Å². The van der Waals surface area contributed by atoms with Gasteiger partial charge in [0.1, 0.15) is 0 Å². The first kappa shape index (κ1) is 19.8. The highest BCUT2D eigenvalue weighted by Crippen LogP contribution is 2.39. The fourth-order valence-corrected chi connectivity index (χ4v) is 4.52. The van der Waals surface area contributed by atoms with Crippen LogP contribution in [0.3, 0.4) is 0 Å². The van der Waals surface area contributed by atoms with Gasteiger partial charge in [0.2, 0.25) is 0 Å². The molecule has 0 aliphatic rings. The number of fused-ring (bicyclic) bond motifs is 1. The van der Waals surface area contributed by atoms with Crippen molar-refractivity contribution >= 4 is 27.0 Å². The number of halogens is 1. The summed E-state index contributed by atoms with van der Waals surface area (Å²) >= 11 is 3.73. The highest BCUT2D eigenvalue weighted by Gasteiger charge is 2.22. The molecule has 0 atom stereocenters. The lowest BCUT2D eigenvalue weighted by Crippen LogP contribution is -2.09. The summed E-state index contributed by atoms with van der Waals surface area (Å²) in [6.07, 6.45) is 1.83. The Balaban J connectivity index is 2.10. The molecule has 0 radical (unpaired) electrons. The van der Waals surface area contributed by atoms with E-state index in [1.165, 1.54) is 27.9 Å². The van der Waals surface area contributed by atoms with E-state index in [-0.39, 0.29) is 0 Å². The fourth-order valence-electron chi connectivity index (χ4n) is 3.97. The molecular formula is C25H26BrN3. The molecule has 0 spiro atoms. The first-order chi connectivity index (χ1) is 13.9. The zero-order valence-electron chi connectivity index (χ0n) is 17.6. The number of aryl methyl sites for hydroxylation is 1. The molecule has 2 aromatic carbocycles. The minimum Gasteiger partial charge on any atom is -0.285 e. The van der Waals surface area contributed by atoms with Crippen LogP contribution in [0.25, 0.3) is 27.8 Å². The monoisotopic (exact) mass is 447 g/mol. The van der Waals surface area contributed by atoms with Gasteiger partial charge in [-0.2, -0.15) is 0 Å². The number of pyridine rings is 1. The highest BCUT2D eigenvalue weighted by molar-refractivity contribution is 9.10. The van der Waals surface area contributed by atoms with Crippen molar-refractivity contribution in [3.8, 4) is 16.8 Å². The van der Waals surface area contributed by atoms with E-state index < -0.39 is 0 Å². The van der Waals surface area contributed by atoms with Gasteiger partial charge in [-0.1, -0.05) is 58.0 Å². The number of hydrogen-bond donors (Lipinski definition) is 0. The van der Waals surface area contributed by atoms with Gasteiger partial charge in [-0.15, -0.1) is 0 Å². The molecule has 0 aliphatic heterocycles. The summed E-state index contributed by atoms with van der Waals surface area (Å²) in [6.45, 7) is 11.1. The number of imidazole rings is 1. The third-order valence-electron chi connectivity index (χ3n) is 5.45. The SMILES string of the molecule is Cc1nccc2nc(Br)n(-c3c(C(C)C)cc(-c4ccccc4)cc3C(C)C)c12. The molecular weight excluding hydrogens is 422 g/mol. The predicted octanol–water partition coefficient (Wildman–Crippen LogP) is 7.41. The summed E-state index contributed by atoms with van der Waals surface area (Å²) in [6, 6.07) is 17.3. The lowest BCUT2D eigenvalue weighted by molar-refractivity contribution is 0.805. The molecule has 4 rings (SSSR count). The van der Waals surface area contributed by atoms with Crippen molar-refractivity contribution in [1.29, 1.82) is 0 Å². The average molecular weight is 448 g/mol. The van der Waals surface area contributed by atoms with Crippen molar-refractivity contribution in [2.24, 2.45) is 0 Å². The van der Waals surface area contributed by atoms with Crippen molar-refractivity contribution in [3.05, 3.63) is 76.3 Å². The normalized spacial score (nSPS) is 11.7. The van der Waals surface area contributed by atoms with E-state index in [9.17, 15) is 0 Å². The molecule has 3 nitrogen and oxygen atoms in total. The number of nitrogens with zero attached hydrogens (tertiary/aromatic N) is 3. The van der Waals surface area contributed by atoms with E-state index in [1.54, 1.807) is 0 Å². The molecule has 0 bridgehead atoms. The van der Waals surface area contributed by atoms with E-state index in [2.05, 4.69) is 103 Å². The van der Waals surface area contributed by atoms with Crippen LogP contribution in [-0.4, -0.2) is 14.5 Å². The van der Waals surface area contributed by atoms with Crippen molar-refractivity contribution in [2.45, 2.75) is 46.5 Å². The van der Waals surface area contributed by atoms with Crippen molar-refractivity contribution in [3.63, 3.8) is 0 Å². The van der Waals surface area contributed by atoms with Crippen molar-refractivity contribution in [2.75, 3.05) is 0 Å². The van der Waals surface area contributed by atoms with Gasteiger partial charge in [-0.25, -0.2) is 4.98 Å². The molecule has 0 N–H and O–H groups in total. The third-order valence-corrected chi connectivity index (χ3v) is 5.98. The van der Waals surface area contributed by atoms with Crippen molar-refractivity contribution in [1.82, 2.24) is 14.5 Å². The molecule has 4 heteroatoms. The summed E-state index contributed by atoms with van der Waals surface area (Å²) in [5.74, 6) is 0.736. The Morgan fingerprint density at radius 2 is 1.48 bits per heavy atom. The van der Waals surface area contributed by atoms with E-state index >= 15 is 0 Å². The standard InChI is InChI=1S/C25H26BrN3/c1-15(2)20-13-19(18-9-7-6-8-10-18)14-21(16(3)4)24(20)29-23-17(5)27-12-11-22(23)28-25(29)26/h6-16H,1-5H3. The van der Waals surface area contributed by atoms with Crippen LogP contribution >= 0.6 is 15.9 Å². The Kier molecular flexibility index (Phi) is 5.30. The van der Waals surface area contributed by atoms with Crippen LogP contribution in [0.4, 0.5) is 0 Å². The molecule has 148 valence electrons. The minimum atomic E-state index is 0.368. The van der Waals surface area contributed by atoms with Crippen LogP contribution < -0.4 is 0 Å². The summed E-state index contributed by atoms with van der Waals surface area (Å²) in [5, 5.41) is 0. The second-order valence-electron chi connectivity index (χ2n) is 8.16. The van der Waals surface area contributed by atoms with Gasteiger partial charge in [-0.05, 0) is 75.1 Å². The van der Waals surface area contributed by atoms with Crippen LogP contribution in [0, 0.1) is 6.92 Å². The van der Waals surface area contributed by atoms with Crippen LogP contribution in [-0.2, 0) is 0 Å². The maximum absolute atomic E-state index is 4.77. The first-order valence-electron chi connectivity index (χ1n) is 10.1. The fraction of sp³-hybridized carbons (Fsp3) is 0.280. The highest BCUT2D eigenvalue weighted by atomic mass is 79.9. The van der Waals surface area contributed by atoms with E-state index in [4.69, 9.17) is 4.98 Å². The molecule has 0 saturated carbocycles. The summed E-state index contributed by atoms with van der Waals surface area (Å²) in [7, 11) is 0. The molecule has 4 aromatic rings. The quantitative estimate of drug-likeness (QED) is 0.326. The Morgan fingerprint density at radius 1 is 0.862 bits per heavy atom. The number of hydrogen-bond acceptors (Lipinski definition) is 2. The zero-order valence-corrected chi connectivity index (χ0v) is 19.2. The van der Waals surface area contributed by atoms with Crippen LogP contribution in [0.2, 0.25) is 0 Å². The Morgan fingerprint density at radius 3 is 2.07 bits per heavy atom. The molecule has 0 saturated heterocycles. The summed E-state index contributed by atoms with van der Waals surface area (Å²) < 4.78 is 3.07. The average Bonchev–Trinajstić information content (AvgIpc) is 3.04. The predicted molar refractivity (Wildman–Crippen MR) is 125 cm³/mol. The Bertz CT molecular complexity index is 1140. The second-order valence-corrected chi connectivity index (χ2v) is 8.87. The Hall–Kier alpha value is -2.46. The largest absolute Gasteiger partial charge is 0.285 e. The maximum atomic E-state index is 4.77. The topological polar surface area (TPSA) is 30.7 Å². The molecule has 0 unspecified atom stereocenters. The second kappa shape index (κ2) is 7.75. The van der Waals surface area contributed by atoms with Crippen LogP contribution in [0.5, 0.6) is 0 Å². The van der Waals surface area contributed by atoms with Gasteiger partial charge in [0.05, 0.1) is 22.4 Å². The van der Waals surface area contributed by atoms with Gasteiger partial charge in [0.25, 0.3) is 0 Å². The number of rotatable bonds is 4. The summed E-state index contributed by atoms with van der Waals surface area (Å²) in [5.41, 5.74) is 9.37. The number of benzene rings is 2. The van der Waals surface area contributed by atoms with Crippen LogP contribution in [0.1, 0.15) is 56.4 Å². The van der Waals surface area contributed by atoms with Crippen LogP contribution in [0.15, 0.2) is 59.5 Å². The van der Waals surface area contributed by atoms with Gasteiger partial charge >= 0.3 is 0 Å².